The molecule has 2 aromatic carbocycles. The molecule has 2 N–H and O–H groups in total. The van der Waals surface area contributed by atoms with Crippen LogP contribution in [0.15, 0.2) is 42.5 Å². The summed E-state index contributed by atoms with van der Waals surface area (Å²) in [5, 5.41) is 5.34. The van der Waals surface area contributed by atoms with Crippen LogP contribution < -0.4 is 10.6 Å². The second-order valence-electron chi connectivity index (χ2n) is 9.66. The molecule has 3 rings (SSSR count). The Morgan fingerprint density at radius 2 is 1.68 bits per heavy atom. The number of rotatable bonds is 8. The van der Waals surface area contributed by atoms with Gasteiger partial charge in [-0.15, -0.1) is 0 Å². The van der Waals surface area contributed by atoms with Gasteiger partial charge in [-0.25, -0.2) is 0 Å². The predicted molar refractivity (Wildman–Crippen MR) is 134 cm³/mol. The van der Waals surface area contributed by atoms with Gasteiger partial charge in [0.25, 0.3) is 11.8 Å². The molecule has 1 aliphatic heterocycles. The molecule has 196 valence electrons. The smallest absolute Gasteiger partial charge is 0.325 e. The van der Waals surface area contributed by atoms with Crippen LogP contribution in [0.5, 0.6) is 0 Å². The van der Waals surface area contributed by atoms with E-state index in [0.29, 0.717) is 16.7 Å². The Kier molecular flexibility index (Phi) is 8.31. The molecule has 37 heavy (non-hydrogen) atoms. The maximum Gasteiger partial charge on any atom is 0.325 e. The number of benzene rings is 2. The Hall–Kier alpha value is -4.21. The highest BCUT2D eigenvalue weighted by Gasteiger charge is 2.38. The molecule has 10 heteroatoms. The van der Waals surface area contributed by atoms with Crippen molar-refractivity contribution in [1.29, 1.82) is 0 Å². The third-order valence-electron chi connectivity index (χ3n) is 5.70. The summed E-state index contributed by atoms with van der Waals surface area (Å²) in [6.45, 7) is 6.25. The van der Waals surface area contributed by atoms with Crippen LogP contribution in [0.25, 0.3) is 11.1 Å². The van der Waals surface area contributed by atoms with Crippen molar-refractivity contribution < 1.29 is 33.4 Å². The second kappa shape index (κ2) is 11.2. The number of nitrogens with zero attached hydrogens (tertiary/aromatic N) is 1. The zero-order valence-electron chi connectivity index (χ0n) is 21.5. The maximum absolute atomic E-state index is 13.3. The van der Waals surface area contributed by atoms with Crippen LogP contribution in [0.3, 0.4) is 0 Å². The first kappa shape index (κ1) is 27.4. The molecule has 0 radical (unpaired) electrons. The summed E-state index contributed by atoms with van der Waals surface area (Å²) in [4.78, 5) is 62.9. The monoisotopic (exact) mass is 509 g/mol. The van der Waals surface area contributed by atoms with Crippen LogP contribution in [0.2, 0.25) is 0 Å². The Morgan fingerprint density at radius 3 is 2.27 bits per heavy atom. The molecule has 10 nitrogen and oxygen atoms in total. The summed E-state index contributed by atoms with van der Waals surface area (Å²) >= 11 is 0. The lowest BCUT2D eigenvalue weighted by atomic mass is 9.96. The lowest BCUT2D eigenvalue weighted by Crippen LogP contribution is -2.50. The van der Waals surface area contributed by atoms with E-state index in [9.17, 15) is 24.0 Å². The number of fused-ring (bicyclic) bond motifs is 1. The molecule has 1 aliphatic rings. The molecule has 0 saturated carbocycles. The molecule has 1 unspecified atom stereocenters. The van der Waals surface area contributed by atoms with Crippen LogP contribution >= 0.6 is 0 Å². The molecule has 0 spiro atoms. The number of ether oxygens (including phenoxy) is 2. The van der Waals surface area contributed by atoms with E-state index in [1.165, 1.54) is 18.9 Å². The van der Waals surface area contributed by atoms with Gasteiger partial charge in [0.05, 0.1) is 7.11 Å². The third kappa shape index (κ3) is 6.72. The minimum atomic E-state index is -1.15. The van der Waals surface area contributed by atoms with Crippen LogP contribution in [0, 0.1) is 0 Å². The van der Waals surface area contributed by atoms with E-state index >= 15 is 0 Å². The van der Waals surface area contributed by atoms with E-state index in [4.69, 9.17) is 4.74 Å². The Balaban J connectivity index is 1.87. The molecule has 0 fully saturated rings. The Bertz CT molecular complexity index is 1220. The molecule has 0 saturated heterocycles. The fourth-order valence-electron chi connectivity index (χ4n) is 3.94. The number of nitrogens with one attached hydrogen (secondary N) is 2. The van der Waals surface area contributed by atoms with Gasteiger partial charge in [0.15, 0.2) is 0 Å². The van der Waals surface area contributed by atoms with Gasteiger partial charge in [-0.05, 0) is 55.7 Å². The fourth-order valence-corrected chi connectivity index (χ4v) is 3.94. The predicted octanol–water partition coefficient (Wildman–Crippen LogP) is 2.06. The molecule has 1 heterocycles. The quantitative estimate of drug-likeness (QED) is 0.521. The summed E-state index contributed by atoms with van der Waals surface area (Å²) in [5.41, 5.74) is 2.83. The highest BCUT2D eigenvalue weighted by molar-refractivity contribution is 6.03. The van der Waals surface area contributed by atoms with Crippen LogP contribution in [-0.4, -0.2) is 66.4 Å². The molecule has 3 amide bonds. The number of methoxy groups -OCH3 is 1. The number of esters is 2. The lowest BCUT2D eigenvalue weighted by Gasteiger charge is -2.26. The minimum Gasteiger partial charge on any atom is -0.468 e. The third-order valence-corrected chi connectivity index (χ3v) is 5.70. The molecular formula is C27H31N3O7. The van der Waals surface area contributed by atoms with E-state index < -0.39 is 29.8 Å². The van der Waals surface area contributed by atoms with Crippen LogP contribution in [0.1, 0.15) is 54.0 Å². The van der Waals surface area contributed by atoms with Crippen molar-refractivity contribution >= 4 is 29.7 Å². The van der Waals surface area contributed by atoms with Gasteiger partial charge < -0.3 is 25.0 Å². The van der Waals surface area contributed by atoms with Crippen molar-refractivity contribution in [2.24, 2.45) is 0 Å². The average Bonchev–Trinajstić information content (AvgIpc) is 3.17. The van der Waals surface area contributed by atoms with Gasteiger partial charge in [0.2, 0.25) is 5.91 Å². The first-order chi connectivity index (χ1) is 17.4. The van der Waals surface area contributed by atoms with E-state index in [1.54, 1.807) is 36.4 Å². The van der Waals surface area contributed by atoms with Crippen molar-refractivity contribution in [2.45, 2.75) is 45.8 Å². The van der Waals surface area contributed by atoms with Crippen molar-refractivity contribution in [3.8, 4) is 11.1 Å². The second-order valence-corrected chi connectivity index (χ2v) is 9.66. The summed E-state index contributed by atoms with van der Waals surface area (Å²) in [6.07, 6.45) is 0. The van der Waals surface area contributed by atoms with E-state index in [-0.39, 0.29) is 31.1 Å². The first-order valence-electron chi connectivity index (χ1n) is 11.7. The van der Waals surface area contributed by atoms with E-state index in [0.717, 1.165) is 11.1 Å². The van der Waals surface area contributed by atoms with Crippen molar-refractivity contribution in [1.82, 2.24) is 15.5 Å². The van der Waals surface area contributed by atoms with Crippen molar-refractivity contribution in [3.63, 3.8) is 0 Å². The van der Waals surface area contributed by atoms with Gasteiger partial charge in [-0.2, -0.15) is 0 Å². The zero-order chi connectivity index (χ0) is 27.3. The summed E-state index contributed by atoms with van der Waals surface area (Å²) in [6, 6.07) is 11.2. The standard InChI is InChI=1S/C27H31N3O7/c1-16(31)37-15-22(25(34)28-13-23(32)36-5)30-14-21-19(7-6-8-20(21)26(30)35)17-9-11-18(12-10-17)24(33)29-27(2,3)4/h6-12,22H,13-15H2,1-5H3,(H,28,34)(H,29,33). The van der Waals surface area contributed by atoms with Gasteiger partial charge in [-0.3, -0.25) is 24.0 Å². The molecule has 0 aliphatic carbocycles. The topological polar surface area (TPSA) is 131 Å². The highest BCUT2D eigenvalue weighted by Crippen LogP contribution is 2.34. The largest absolute Gasteiger partial charge is 0.468 e. The van der Waals surface area contributed by atoms with E-state index in [2.05, 4.69) is 15.4 Å². The summed E-state index contributed by atoms with van der Waals surface area (Å²) < 4.78 is 9.60. The zero-order valence-corrected chi connectivity index (χ0v) is 21.5. The first-order valence-corrected chi connectivity index (χ1v) is 11.7. The molecule has 0 aromatic heterocycles. The number of carbonyl (C=O) groups is 5. The van der Waals surface area contributed by atoms with Crippen LogP contribution in [-0.2, 0) is 30.4 Å². The normalized spacial score (nSPS) is 13.4. The Morgan fingerprint density at radius 1 is 1.03 bits per heavy atom. The van der Waals surface area contributed by atoms with E-state index in [1.807, 2.05) is 26.8 Å². The SMILES string of the molecule is COC(=O)CNC(=O)C(COC(C)=O)N1Cc2c(cccc2-c2ccc(C(=O)NC(C)(C)C)cc2)C1=O. The molecule has 2 aromatic rings. The maximum atomic E-state index is 13.3. The van der Waals surface area contributed by atoms with Gasteiger partial charge in [0.1, 0.15) is 19.2 Å². The summed E-state index contributed by atoms with van der Waals surface area (Å²) in [5.74, 6) is -2.50. The fraction of sp³-hybridized carbons (Fsp3) is 0.370. The van der Waals surface area contributed by atoms with Crippen LogP contribution in [0.4, 0.5) is 0 Å². The average molecular weight is 510 g/mol. The highest BCUT2D eigenvalue weighted by atomic mass is 16.5. The number of carbonyl (C=O) groups excluding carboxylic acids is 5. The minimum absolute atomic E-state index is 0.0914. The number of amides is 3. The lowest BCUT2D eigenvalue weighted by molar-refractivity contribution is -0.146. The van der Waals surface area contributed by atoms with Crippen molar-refractivity contribution in [2.75, 3.05) is 20.3 Å². The van der Waals surface area contributed by atoms with Gasteiger partial charge in [-0.1, -0.05) is 24.3 Å². The molecular weight excluding hydrogens is 478 g/mol. The summed E-state index contributed by atoms with van der Waals surface area (Å²) in [7, 11) is 1.19. The molecule has 1 atom stereocenters. The van der Waals surface area contributed by atoms with Gasteiger partial charge >= 0.3 is 11.9 Å². The van der Waals surface area contributed by atoms with Crippen molar-refractivity contribution in [3.05, 3.63) is 59.2 Å². The Labute approximate surface area is 215 Å². The van der Waals surface area contributed by atoms with Gasteiger partial charge in [0, 0.05) is 30.1 Å². The number of hydrogen-bond acceptors (Lipinski definition) is 7. The number of hydrogen-bond donors (Lipinski definition) is 2. The molecule has 0 bridgehead atoms.